The van der Waals surface area contributed by atoms with Gasteiger partial charge in [-0.05, 0) is 98.7 Å². The van der Waals surface area contributed by atoms with E-state index in [4.69, 9.17) is 14.7 Å². The fraction of sp³-hybridized carbons (Fsp3) is 0.500. The second-order valence-corrected chi connectivity index (χ2v) is 11.6. The molecule has 6 rings (SSSR count). The molecule has 3 aromatic rings. The van der Waals surface area contributed by atoms with E-state index in [1.807, 2.05) is 19.2 Å². The van der Waals surface area contributed by atoms with Gasteiger partial charge in [-0.2, -0.15) is 0 Å². The molecule has 1 spiro atoms. The molecule has 2 aliphatic carbocycles. The SMILES string of the molecule is Cc1ccc(C(=O)O)cc1-c1ccc2nc(C3C(CCC(C)(C)N4CCOCC4)C34CC4)ncc2c1. The van der Waals surface area contributed by atoms with Crippen LogP contribution in [0.4, 0.5) is 0 Å². The van der Waals surface area contributed by atoms with E-state index in [1.165, 1.54) is 25.7 Å². The van der Waals surface area contributed by atoms with Crippen LogP contribution in [0.1, 0.15) is 67.2 Å². The molecule has 6 nitrogen and oxygen atoms in total. The Morgan fingerprint density at radius 2 is 1.94 bits per heavy atom. The molecule has 0 amide bonds. The molecular formula is C30H35N3O3. The highest BCUT2D eigenvalue weighted by Gasteiger charge is 2.72. The number of fused-ring (bicyclic) bond motifs is 1. The summed E-state index contributed by atoms with van der Waals surface area (Å²) in [6.45, 7) is 10.5. The first kappa shape index (κ1) is 23.6. The van der Waals surface area contributed by atoms with Gasteiger partial charge in [-0.3, -0.25) is 4.90 Å². The molecule has 6 heteroatoms. The molecular weight excluding hydrogens is 450 g/mol. The van der Waals surface area contributed by atoms with E-state index >= 15 is 0 Å². The lowest BCUT2D eigenvalue weighted by Gasteiger charge is -2.41. The van der Waals surface area contributed by atoms with Gasteiger partial charge in [0.05, 0.1) is 24.3 Å². The number of hydrogen-bond acceptors (Lipinski definition) is 5. The number of morpholine rings is 1. The summed E-state index contributed by atoms with van der Waals surface area (Å²) in [4.78, 5) is 23.9. The van der Waals surface area contributed by atoms with Gasteiger partial charge < -0.3 is 9.84 Å². The molecule has 2 heterocycles. The summed E-state index contributed by atoms with van der Waals surface area (Å²) < 4.78 is 5.56. The van der Waals surface area contributed by atoms with Gasteiger partial charge in [0.25, 0.3) is 0 Å². The van der Waals surface area contributed by atoms with Gasteiger partial charge in [0.15, 0.2) is 0 Å². The molecule has 2 aromatic carbocycles. The summed E-state index contributed by atoms with van der Waals surface area (Å²) in [6.07, 6.45) is 7.00. The van der Waals surface area contributed by atoms with Crippen molar-refractivity contribution in [1.82, 2.24) is 14.9 Å². The predicted molar refractivity (Wildman–Crippen MR) is 140 cm³/mol. The highest BCUT2D eigenvalue weighted by atomic mass is 16.5. The third-order valence-electron chi connectivity index (χ3n) is 9.08. The van der Waals surface area contributed by atoms with E-state index in [0.717, 1.165) is 59.7 Å². The van der Waals surface area contributed by atoms with Crippen LogP contribution in [0.15, 0.2) is 42.6 Å². The quantitative estimate of drug-likeness (QED) is 0.463. The Balaban J connectivity index is 1.20. The minimum Gasteiger partial charge on any atom is -0.478 e. The fourth-order valence-corrected chi connectivity index (χ4v) is 6.56. The Kier molecular flexibility index (Phi) is 5.65. The van der Waals surface area contributed by atoms with Crippen molar-refractivity contribution < 1.29 is 14.6 Å². The summed E-state index contributed by atoms with van der Waals surface area (Å²) in [5.74, 6) is 1.27. The number of nitrogens with zero attached hydrogens (tertiary/aromatic N) is 3. The molecule has 1 N–H and O–H groups in total. The van der Waals surface area contributed by atoms with Crippen LogP contribution in [0, 0.1) is 18.3 Å². The average molecular weight is 486 g/mol. The van der Waals surface area contributed by atoms with Crippen molar-refractivity contribution in [2.75, 3.05) is 26.3 Å². The number of carboxylic acids is 1. The minimum atomic E-state index is -0.911. The van der Waals surface area contributed by atoms with Crippen molar-refractivity contribution in [2.45, 2.75) is 57.9 Å². The van der Waals surface area contributed by atoms with Crippen LogP contribution in [-0.2, 0) is 4.74 Å². The van der Waals surface area contributed by atoms with E-state index in [9.17, 15) is 9.90 Å². The molecule has 2 unspecified atom stereocenters. The number of hydrogen-bond donors (Lipinski definition) is 1. The topological polar surface area (TPSA) is 75.5 Å². The summed E-state index contributed by atoms with van der Waals surface area (Å²) in [5, 5.41) is 10.4. The van der Waals surface area contributed by atoms with Crippen molar-refractivity contribution in [1.29, 1.82) is 0 Å². The Labute approximate surface area is 212 Å². The van der Waals surface area contributed by atoms with Gasteiger partial charge in [-0.15, -0.1) is 0 Å². The van der Waals surface area contributed by atoms with Crippen molar-refractivity contribution in [2.24, 2.45) is 11.3 Å². The van der Waals surface area contributed by atoms with Crippen LogP contribution in [0.2, 0.25) is 0 Å². The summed E-state index contributed by atoms with van der Waals surface area (Å²) in [7, 11) is 0. The second-order valence-electron chi connectivity index (χ2n) is 11.6. The van der Waals surface area contributed by atoms with Crippen LogP contribution in [0.5, 0.6) is 0 Å². The number of aryl methyl sites for hydroxylation is 1. The maximum Gasteiger partial charge on any atom is 0.335 e. The molecule has 1 aromatic heterocycles. The average Bonchev–Trinajstić information content (AvgIpc) is 3.80. The zero-order chi connectivity index (χ0) is 25.1. The lowest BCUT2D eigenvalue weighted by Crippen LogP contribution is -2.49. The number of rotatable bonds is 7. The molecule has 188 valence electrons. The molecule has 1 aliphatic heterocycles. The van der Waals surface area contributed by atoms with Crippen molar-refractivity contribution in [3.05, 3.63) is 59.5 Å². The number of benzene rings is 2. The smallest absolute Gasteiger partial charge is 0.335 e. The highest BCUT2D eigenvalue weighted by molar-refractivity contribution is 5.91. The van der Waals surface area contributed by atoms with Crippen molar-refractivity contribution in [3.8, 4) is 11.1 Å². The third-order valence-corrected chi connectivity index (χ3v) is 9.08. The van der Waals surface area contributed by atoms with Gasteiger partial charge in [0.2, 0.25) is 0 Å². The Morgan fingerprint density at radius 1 is 1.17 bits per heavy atom. The zero-order valence-electron chi connectivity index (χ0n) is 21.5. The number of aromatic carboxylic acids is 1. The van der Waals surface area contributed by atoms with Crippen LogP contribution >= 0.6 is 0 Å². The molecule has 2 saturated carbocycles. The Morgan fingerprint density at radius 3 is 2.67 bits per heavy atom. The van der Waals surface area contributed by atoms with Crippen molar-refractivity contribution in [3.63, 3.8) is 0 Å². The standard InChI is InChI=1S/C30H35N3O3/c1-19-4-5-21(28(34)35)17-23(19)20-6-7-25-22(16-20)18-31-27(32-25)26-24(30(26)10-11-30)8-9-29(2,3)33-12-14-36-15-13-33/h4-7,16-18,24,26H,8-15H2,1-3H3,(H,34,35). The summed E-state index contributed by atoms with van der Waals surface area (Å²) in [6, 6.07) is 11.5. The molecule has 3 fully saturated rings. The fourth-order valence-electron chi connectivity index (χ4n) is 6.56. The molecule has 3 aliphatic rings. The number of ether oxygens (including phenoxy) is 1. The predicted octanol–water partition coefficient (Wildman–Crippen LogP) is 5.69. The largest absolute Gasteiger partial charge is 0.478 e. The molecule has 0 radical (unpaired) electrons. The lowest BCUT2D eigenvalue weighted by atomic mass is 9.93. The maximum absolute atomic E-state index is 11.5. The van der Waals surface area contributed by atoms with Gasteiger partial charge in [0.1, 0.15) is 5.82 Å². The summed E-state index contributed by atoms with van der Waals surface area (Å²) >= 11 is 0. The van der Waals surface area contributed by atoms with E-state index in [2.05, 4.69) is 36.9 Å². The van der Waals surface area contributed by atoms with Crippen LogP contribution in [0.3, 0.4) is 0 Å². The first-order chi connectivity index (χ1) is 17.3. The molecule has 1 saturated heterocycles. The zero-order valence-corrected chi connectivity index (χ0v) is 21.5. The Hall–Kier alpha value is -2.83. The van der Waals surface area contributed by atoms with E-state index in [1.54, 1.807) is 12.1 Å². The molecule has 2 atom stereocenters. The van der Waals surface area contributed by atoms with Gasteiger partial charge >= 0.3 is 5.97 Å². The second kappa shape index (κ2) is 8.63. The molecule has 36 heavy (non-hydrogen) atoms. The first-order valence-corrected chi connectivity index (χ1v) is 13.2. The van der Waals surface area contributed by atoms with E-state index < -0.39 is 5.97 Å². The first-order valence-electron chi connectivity index (χ1n) is 13.2. The third kappa shape index (κ3) is 4.10. The minimum absolute atomic E-state index is 0.198. The van der Waals surface area contributed by atoms with Crippen LogP contribution in [0.25, 0.3) is 22.0 Å². The van der Waals surface area contributed by atoms with Gasteiger partial charge in [-0.25, -0.2) is 14.8 Å². The van der Waals surface area contributed by atoms with E-state index in [0.29, 0.717) is 22.8 Å². The lowest BCUT2D eigenvalue weighted by molar-refractivity contribution is -0.0139. The van der Waals surface area contributed by atoms with Crippen LogP contribution in [-0.4, -0.2) is 57.8 Å². The van der Waals surface area contributed by atoms with Gasteiger partial charge in [-0.1, -0.05) is 12.1 Å². The van der Waals surface area contributed by atoms with Crippen LogP contribution < -0.4 is 0 Å². The van der Waals surface area contributed by atoms with Crippen molar-refractivity contribution >= 4 is 16.9 Å². The number of aromatic nitrogens is 2. The Bertz CT molecular complexity index is 1320. The monoisotopic (exact) mass is 485 g/mol. The van der Waals surface area contributed by atoms with E-state index in [-0.39, 0.29) is 5.54 Å². The normalized spacial score (nSPS) is 23.2. The highest BCUT2D eigenvalue weighted by Crippen LogP contribution is 2.80. The number of carboxylic acid groups (broad SMARTS) is 1. The molecule has 0 bridgehead atoms. The maximum atomic E-state index is 11.5. The number of carbonyl (C=O) groups is 1. The van der Waals surface area contributed by atoms with Gasteiger partial charge in [0, 0.05) is 36.1 Å². The summed E-state index contributed by atoms with van der Waals surface area (Å²) in [5.41, 5.74) is 4.89.